The fourth-order valence-corrected chi connectivity index (χ4v) is 2.38. The summed E-state index contributed by atoms with van der Waals surface area (Å²) in [6, 6.07) is 10.2. The Hall–Kier alpha value is -2.41. The van der Waals surface area contributed by atoms with Gasteiger partial charge in [0.2, 0.25) is 0 Å². The van der Waals surface area contributed by atoms with Gasteiger partial charge in [0, 0.05) is 12.3 Å². The lowest BCUT2D eigenvalue weighted by atomic mass is 10.3. The van der Waals surface area contributed by atoms with E-state index in [4.69, 9.17) is 4.42 Å². The number of nitro groups is 1. The minimum Gasteiger partial charge on any atom is -0.431 e. The van der Waals surface area contributed by atoms with E-state index in [2.05, 4.69) is 9.97 Å². The summed E-state index contributed by atoms with van der Waals surface area (Å²) in [6.45, 7) is 0. The zero-order valence-corrected chi connectivity index (χ0v) is 10.3. The predicted octanol–water partition coefficient (Wildman–Crippen LogP) is 3.28. The van der Waals surface area contributed by atoms with Crippen LogP contribution in [0.5, 0.6) is 0 Å². The van der Waals surface area contributed by atoms with Crippen LogP contribution < -0.4 is 0 Å². The van der Waals surface area contributed by atoms with Crippen LogP contribution in [0.2, 0.25) is 0 Å². The van der Waals surface area contributed by atoms with E-state index >= 15 is 0 Å². The number of pyridine rings is 1. The van der Waals surface area contributed by atoms with E-state index in [1.54, 1.807) is 6.07 Å². The van der Waals surface area contributed by atoms with Crippen LogP contribution in [0.3, 0.4) is 0 Å². The molecule has 3 rings (SSSR count). The lowest BCUT2D eigenvalue weighted by Crippen LogP contribution is -1.92. The molecule has 0 aliphatic heterocycles. The SMILES string of the molecule is O=[N+]([O-])c1cccnc1Sc1nc2ccccc2o1. The van der Waals surface area contributed by atoms with Crippen LogP contribution in [0.25, 0.3) is 11.1 Å². The van der Waals surface area contributed by atoms with Crippen molar-refractivity contribution in [2.75, 3.05) is 0 Å². The van der Waals surface area contributed by atoms with E-state index in [-0.39, 0.29) is 10.7 Å². The van der Waals surface area contributed by atoms with E-state index in [1.165, 1.54) is 18.3 Å². The van der Waals surface area contributed by atoms with E-state index in [0.717, 1.165) is 11.8 Å². The first-order valence-corrected chi connectivity index (χ1v) is 6.18. The zero-order chi connectivity index (χ0) is 13.2. The van der Waals surface area contributed by atoms with Gasteiger partial charge in [0.05, 0.1) is 4.92 Å². The average molecular weight is 273 g/mol. The molecular formula is C12H7N3O3S. The van der Waals surface area contributed by atoms with Crippen LogP contribution in [0.1, 0.15) is 0 Å². The smallest absolute Gasteiger partial charge is 0.301 e. The summed E-state index contributed by atoms with van der Waals surface area (Å²) in [4.78, 5) is 18.6. The number of hydrogen-bond acceptors (Lipinski definition) is 6. The van der Waals surface area contributed by atoms with E-state index in [9.17, 15) is 10.1 Å². The molecule has 0 spiro atoms. The van der Waals surface area contributed by atoms with Crippen molar-refractivity contribution in [2.24, 2.45) is 0 Å². The molecule has 0 N–H and O–H groups in total. The van der Waals surface area contributed by atoms with Gasteiger partial charge in [-0.25, -0.2) is 9.97 Å². The van der Waals surface area contributed by atoms with Gasteiger partial charge in [-0.3, -0.25) is 10.1 Å². The Bertz CT molecular complexity index is 724. The number of oxazole rings is 1. The number of aromatic nitrogens is 2. The number of rotatable bonds is 3. The highest BCUT2D eigenvalue weighted by Gasteiger charge is 2.18. The maximum atomic E-state index is 10.9. The van der Waals surface area contributed by atoms with Gasteiger partial charge in [0.1, 0.15) is 5.52 Å². The highest BCUT2D eigenvalue weighted by molar-refractivity contribution is 7.99. The molecule has 0 saturated carbocycles. The van der Waals surface area contributed by atoms with Crippen molar-refractivity contribution in [3.05, 3.63) is 52.7 Å². The molecule has 7 heteroatoms. The van der Waals surface area contributed by atoms with Crippen LogP contribution >= 0.6 is 11.8 Å². The maximum Gasteiger partial charge on any atom is 0.301 e. The maximum absolute atomic E-state index is 10.9. The molecule has 0 aliphatic rings. The Kier molecular flexibility index (Phi) is 2.88. The normalized spacial score (nSPS) is 10.7. The molecule has 2 heterocycles. The molecular weight excluding hydrogens is 266 g/mol. The molecule has 0 fully saturated rings. The van der Waals surface area contributed by atoms with Crippen molar-refractivity contribution in [2.45, 2.75) is 10.2 Å². The van der Waals surface area contributed by atoms with Gasteiger partial charge in [-0.1, -0.05) is 12.1 Å². The standard InChI is InChI=1S/C12H7N3O3S/c16-15(17)9-5-3-7-13-11(9)19-12-14-8-4-1-2-6-10(8)18-12/h1-7H. The summed E-state index contributed by atoms with van der Waals surface area (Å²) in [5, 5.41) is 11.5. The van der Waals surface area contributed by atoms with Gasteiger partial charge in [-0.2, -0.15) is 0 Å². The first kappa shape index (κ1) is 11.7. The molecule has 6 nitrogen and oxygen atoms in total. The summed E-state index contributed by atoms with van der Waals surface area (Å²) < 4.78 is 5.50. The topological polar surface area (TPSA) is 82.1 Å². The quantitative estimate of drug-likeness (QED) is 0.538. The average Bonchev–Trinajstić information content (AvgIpc) is 2.81. The largest absolute Gasteiger partial charge is 0.431 e. The fraction of sp³-hybridized carbons (Fsp3) is 0. The summed E-state index contributed by atoms with van der Waals surface area (Å²) in [5.41, 5.74) is 1.29. The highest BCUT2D eigenvalue weighted by Crippen LogP contribution is 2.33. The minimum absolute atomic E-state index is 0.0604. The van der Waals surface area contributed by atoms with E-state index < -0.39 is 4.92 Å². The Labute approximate surface area is 111 Å². The molecule has 3 aromatic rings. The van der Waals surface area contributed by atoms with Crippen LogP contribution in [0, 0.1) is 10.1 Å². The third-order valence-corrected chi connectivity index (χ3v) is 3.26. The minimum atomic E-state index is -0.474. The van der Waals surface area contributed by atoms with Gasteiger partial charge in [-0.05, 0) is 30.0 Å². The first-order valence-electron chi connectivity index (χ1n) is 5.37. The third-order valence-electron chi connectivity index (χ3n) is 2.41. The Morgan fingerprint density at radius 2 is 2.05 bits per heavy atom. The van der Waals surface area contributed by atoms with Crippen molar-refractivity contribution in [1.82, 2.24) is 9.97 Å². The second-order valence-electron chi connectivity index (χ2n) is 3.63. The third kappa shape index (κ3) is 2.27. The Morgan fingerprint density at radius 1 is 1.21 bits per heavy atom. The number of nitrogens with zero attached hydrogens (tertiary/aromatic N) is 3. The molecule has 0 unspecified atom stereocenters. The number of benzene rings is 1. The fourth-order valence-electron chi connectivity index (χ4n) is 1.58. The van der Waals surface area contributed by atoms with Gasteiger partial charge < -0.3 is 4.42 Å². The molecule has 0 amide bonds. The summed E-state index contributed by atoms with van der Waals surface area (Å²) in [6.07, 6.45) is 1.50. The van der Waals surface area contributed by atoms with E-state index in [0.29, 0.717) is 16.3 Å². The number of hydrogen-bond donors (Lipinski definition) is 0. The van der Waals surface area contributed by atoms with Crippen molar-refractivity contribution < 1.29 is 9.34 Å². The molecule has 0 aliphatic carbocycles. The second kappa shape index (κ2) is 4.69. The molecule has 19 heavy (non-hydrogen) atoms. The van der Waals surface area contributed by atoms with Crippen molar-refractivity contribution in [3.63, 3.8) is 0 Å². The molecule has 0 bridgehead atoms. The Balaban J connectivity index is 1.99. The van der Waals surface area contributed by atoms with Crippen LogP contribution in [-0.2, 0) is 0 Å². The van der Waals surface area contributed by atoms with Crippen molar-refractivity contribution in [1.29, 1.82) is 0 Å². The summed E-state index contributed by atoms with van der Waals surface area (Å²) in [7, 11) is 0. The van der Waals surface area contributed by atoms with Gasteiger partial charge in [0.15, 0.2) is 10.6 Å². The van der Waals surface area contributed by atoms with Crippen LogP contribution in [-0.4, -0.2) is 14.9 Å². The molecule has 94 valence electrons. The lowest BCUT2D eigenvalue weighted by Gasteiger charge is -1.97. The van der Waals surface area contributed by atoms with Crippen LogP contribution in [0.4, 0.5) is 5.69 Å². The Morgan fingerprint density at radius 3 is 2.84 bits per heavy atom. The summed E-state index contributed by atoms with van der Waals surface area (Å²) in [5.74, 6) is 0. The first-order chi connectivity index (χ1) is 9.24. The molecule has 1 aromatic carbocycles. The van der Waals surface area contributed by atoms with Crippen LogP contribution in [0.15, 0.2) is 57.3 Å². The van der Waals surface area contributed by atoms with Gasteiger partial charge in [0.25, 0.3) is 5.22 Å². The van der Waals surface area contributed by atoms with Crippen molar-refractivity contribution >= 4 is 28.5 Å². The molecule has 0 atom stereocenters. The number of para-hydroxylation sites is 2. The number of fused-ring (bicyclic) bond motifs is 1. The predicted molar refractivity (Wildman–Crippen MR) is 69.0 cm³/mol. The van der Waals surface area contributed by atoms with Crippen molar-refractivity contribution in [3.8, 4) is 0 Å². The molecule has 0 radical (unpaired) electrons. The summed E-state index contributed by atoms with van der Waals surface area (Å²) >= 11 is 1.04. The monoisotopic (exact) mass is 273 g/mol. The highest BCUT2D eigenvalue weighted by atomic mass is 32.2. The molecule has 2 aromatic heterocycles. The lowest BCUT2D eigenvalue weighted by molar-refractivity contribution is -0.388. The second-order valence-corrected chi connectivity index (χ2v) is 4.57. The van der Waals surface area contributed by atoms with E-state index in [1.807, 2.05) is 18.2 Å². The van der Waals surface area contributed by atoms with Gasteiger partial charge in [-0.15, -0.1) is 0 Å². The molecule has 0 saturated heterocycles. The van der Waals surface area contributed by atoms with Gasteiger partial charge >= 0.3 is 5.69 Å². The zero-order valence-electron chi connectivity index (χ0n) is 9.52.